The zero-order valence-corrected chi connectivity index (χ0v) is 7.60. The van der Waals surface area contributed by atoms with Crippen LogP contribution in [0.2, 0.25) is 0 Å². The third-order valence-electron chi connectivity index (χ3n) is 2.30. The van der Waals surface area contributed by atoms with Crippen LogP contribution in [0.5, 0.6) is 0 Å². The van der Waals surface area contributed by atoms with Gasteiger partial charge in [0.1, 0.15) is 0 Å². The molecule has 2 rings (SSSR count). The zero-order chi connectivity index (χ0) is 9.97. The number of carbonyl (C=O) groups is 1. The topological polar surface area (TPSA) is 17.1 Å². The van der Waals surface area contributed by atoms with Crippen molar-refractivity contribution in [1.82, 2.24) is 0 Å². The van der Waals surface area contributed by atoms with Crippen LogP contribution in [0.4, 0.5) is 0 Å². The second-order valence-electron chi connectivity index (χ2n) is 3.07. The van der Waals surface area contributed by atoms with E-state index in [0.29, 0.717) is 5.56 Å². The highest BCUT2D eigenvalue weighted by Crippen LogP contribution is 2.21. The van der Waals surface area contributed by atoms with Gasteiger partial charge in [-0.3, -0.25) is 4.79 Å². The number of hydrogen-bond acceptors (Lipinski definition) is 1. The van der Waals surface area contributed by atoms with Crippen LogP contribution in [-0.4, -0.2) is 6.29 Å². The van der Waals surface area contributed by atoms with Crippen LogP contribution in [-0.2, 0) is 0 Å². The summed E-state index contributed by atoms with van der Waals surface area (Å²) in [6.07, 6.45) is 2.30. The van der Waals surface area contributed by atoms with Crippen molar-refractivity contribution in [3.05, 3.63) is 54.1 Å². The molecule has 2 aromatic rings. The molecule has 1 radical (unpaired) electrons. The van der Waals surface area contributed by atoms with Crippen molar-refractivity contribution < 1.29 is 4.79 Å². The molecule has 0 aliphatic heterocycles. The summed E-state index contributed by atoms with van der Waals surface area (Å²) in [4.78, 5) is 10.9. The second-order valence-corrected chi connectivity index (χ2v) is 3.07. The highest BCUT2D eigenvalue weighted by atomic mass is 16.1. The molecule has 0 aromatic heterocycles. The Bertz CT molecular complexity index is 498. The maximum Gasteiger partial charge on any atom is 0.151 e. The lowest BCUT2D eigenvalue weighted by molar-refractivity contribution is 0.112. The van der Waals surface area contributed by atoms with Crippen LogP contribution in [0.25, 0.3) is 16.8 Å². The van der Waals surface area contributed by atoms with Crippen LogP contribution in [0.15, 0.2) is 36.4 Å². The minimum atomic E-state index is 0.658. The number of fused-ring (bicyclic) bond motifs is 1. The molecular weight excluding hydrogens is 172 g/mol. The zero-order valence-electron chi connectivity index (χ0n) is 7.60. The smallest absolute Gasteiger partial charge is 0.151 e. The molecule has 1 nitrogen and oxygen atoms in total. The van der Waals surface area contributed by atoms with Crippen molar-refractivity contribution >= 4 is 23.1 Å². The molecule has 67 valence electrons. The Kier molecular flexibility index (Phi) is 2.15. The molecule has 0 fully saturated rings. The molecule has 0 aliphatic rings. The van der Waals surface area contributed by atoms with Gasteiger partial charge in [0.05, 0.1) is 0 Å². The lowest BCUT2D eigenvalue weighted by atomic mass is 10.00. The Hall–Kier alpha value is -1.89. The van der Waals surface area contributed by atoms with Gasteiger partial charge < -0.3 is 0 Å². The molecule has 0 saturated carbocycles. The molecule has 0 atom stereocenters. The molecule has 0 aliphatic carbocycles. The van der Waals surface area contributed by atoms with Gasteiger partial charge in [0.15, 0.2) is 6.29 Å². The fourth-order valence-electron chi connectivity index (χ4n) is 1.59. The first-order valence-corrected chi connectivity index (χ1v) is 4.38. The normalized spacial score (nSPS) is 10.0. The van der Waals surface area contributed by atoms with Crippen molar-refractivity contribution in [2.75, 3.05) is 0 Å². The second kappa shape index (κ2) is 3.46. The Morgan fingerprint density at radius 3 is 2.57 bits per heavy atom. The molecule has 0 amide bonds. The first-order chi connectivity index (χ1) is 6.86. The van der Waals surface area contributed by atoms with Crippen molar-refractivity contribution in [2.24, 2.45) is 0 Å². The Labute approximate surface area is 82.7 Å². The highest BCUT2D eigenvalue weighted by Gasteiger charge is 2.02. The summed E-state index contributed by atoms with van der Waals surface area (Å²) < 4.78 is 0. The molecule has 2 aromatic carbocycles. The van der Waals surface area contributed by atoms with Gasteiger partial charge in [-0.25, -0.2) is 0 Å². The fraction of sp³-hybridized carbons (Fsp3) is 0. The first-order valence-electron chi connectivity index (χ1n) is 4.38. The first kappa shape index (κ1) is 8.70. The number of carbonyl (C=O) groups excluding carboxylic acids is 1. The van der Waals surface area contributed by atoms with Crippen LogP contribution >= 0.6 is 0 Å². The number of rotatable bonds is 2. The predicted molar refractivity (Wildman–Crippen MR) is 58.1 cm³/mol. The van der Waals surface area contributed by atoms with Gasteiger partial charge in [0.2, 0.25) is 0 Å². The van der Waals surface area contributed by atoms with E-state index in [4.69, 9.17) is 6.58 Å². The fourth-order valence-corrected chi connectivity index (χ4v) is 1.59. The SMILES string of the molecule is [CH]=Cc1ccc2ccccc2c1C=O. The molecular formula is C13H9O. The lowest BCUT2D eigenvalue weighted by Gasteiger charge is -2.03. The van der Waals surface area contributed by atoms with Gasteiger partial charge in [-0.05, 0) is 16.3 Å². The summed E-state index contributed by atoms with van der Waals surface area (Å²) in [5.74, 6) is 0. The van der Waals surface area contributed by atoms with E-state index in [1.54, 1.807) is 0 Å². The maximum atomic E-state index is 10.9. The van der Waals surface area contributed by atoms with E-state index in [1.165, 1.54) is 6.08 Å². The monoisotopic (exact) mass is 181 g/mol. The number of benzene rings is 2. The Morgan fingerprint density at radius 1 is 1.07 bits per heavy atom. The molecule has 0 N–H and O–H groups in total. The van der Waals surface area contributed by atoms with Gasteiger partial charge in [-0.2, -0.15) is 0 Å². The average molecular weight is 181 g/mol. The van der Waals surface area contributed by atoms with Gasteiger partial charge in [0.25, 0.3) is 0 Å². The Balaban J connectivity index is 2.90. The van der Waals surface area contributed by atoms with Gasteiger partial charge in [0, 0.05) is 5.56 Å². The van der Waals surface area contributed by atoms with E-state index in [1.807, 2.05) is 36.4 Å². The van der Waals surface area contributed by atoms with E-state index >= 15 is 0 Å². The largest absolute Gasteiger partial charge is 0.298 e. The third kappa shape index (κ3) is 1.23. The summed E-state index contributed by atoms with van der Waals surface area (Å²) in [7, 11) is 0. The molecule has 0 heterocycles. The van der Waals surface area contributed by atoms with E-state index in [9.17, 15) is 4.79 Å². The van der Waals surface area contributed by atoms with Crippen molar-refractivity contribution in [3.8, 4) is 0 Å². The van der Waals surface area contributed by atoms with E-state index in [2.05, 4.69) is 0 Å². The minimum absolute atomic E-state index is 0.658. The molecule has 1 heteroatoms. The molecule has 14 heavy (non-hydrogen) atoms. The minimum Gasteiger partial charge on any atom is -0.298 e. The van der Waals surface area contributed by atoms with Crippen LogP contribution in [0.1, 0.15) is 15.9 Å². The third-order valence-corrected chi connectivity index (χ3v) is 2.30. The van der Waals surface area contributed by atoms with E-state index < -0.39 is 0 Å². The van der Waals surface area contributed by atoms with Crippen LogP contribution in [0, 0.1) is 6.58 Å². The summed E-state index contributed by atoms with van der Waals surface area (Å²) in [6.45, 7) is 5.43. The Morgan fingerprint density at radius 2 is 1.86 bits per heavy atom. The summed E-state index contributed by atoms with van der Waals surface area (Å²) in [5, 5.41) is 2.00. The average Bonchev–Trinajstić information content (AvgIpc) is 2.27. The highest BCUT2D eigenvalue weighted by molar-refractivity contribution is 6.01. The quantitative estimate of drug-likeness (QED) is 0.650. The van der Waals surface area contributed by atoms with Gasteiger partial charge >= 0.3 is 0 Å². The standard InChI is InChI=1S/C13H9O/c1-2-10-7-8-11-5-3-4-6-12(11)13(10)9-14/h1-9H. The molecule has 0 spiro atoms. The summed E-state index contributed by atoms with van der Waals surface area (Å²) >= 11 is 0. The lowest BCUT2D eigenvalue weighted by Crippen LogP contribution is -1.88. The van der Waals surface area contributed by atoms with E-state index in [-0.39, 0.29) is 0 Å². The van der Waals surface area contributed by atoms with Crippen molar-refractivity contribution in [1.29, 1.82) is 0 Å². The molecule has 0 unspecified atom stereocenters. The number of aldehydes is 1. The van der Waals surface area contributed by atoms with Crippen molar-refractivity contribution in [2.45, 2.75) is 0 Å². The molecule has 0 bridgehead atoms. The predicted octanol–water partition coefficient (Wildman–Crippen LogP) is 3.10. The summed E-state index contributed by atoms with van der Waals surface area (Å²) in [6, 6.07) is 11.6. The number of hydrogen-bond donors (Lipinski definition) is 0. The maximum absolute atomic E-state index is 10.9. The van der Waals surface area contributed by atoms with Crippen LogP contribution < -0.4 is 0 Å². The van der Waals surface area contributed by atoms with Crippen molar-refractivity contribution in [3.63, 3.8) is 0 Å². The molecule has 0 saturated heterocycles. The van der Waals surface area contributed by atoms with Crippen LogP contribution in [0.3, 0.4) is 0 Å². The van der Waals surface area contributed by atoms with Gasteiger partial charge in [-0.15, -0.1) is 0 Å². The van der Waals surface area contributed by atoms with E-state index in [0.717, 1.165) is 22.6 Å². The van der Waals surface area contributed by atoms with Gasteiger partial charge in [-0.1, -0.05) is 49.1 Å². The summed E-state index contributed by atoms with van der Waals surface area (Å²) in [5.41, 5.74) is 1.43.